The van der Waals surface area contributed by atoms with Crippen molar-refractivity contribution in [3.05, 3.63) is 55.8 Å². The molecule has 2 aromatic rings. The van der Waals surface area contributed by atoms with Crippen molar-refractivity contribution in [2.75, 3.05) is 32.6 Å². The second kappa shape index (κ2) is 11.3. The monoisotopic (exact) mass is 488 g/mol. The minimum absolute atomic E-state index is 0.0605. The van der Waals surface area contributed by atoms with Gasteiger partial charge in [-0.1, -0.05) is 11.6 Å². The summed E-state index contributed by atoms with van der Waals surface area (Å²) < 4.78 is 5.30. The first-order chi connectivity index (χ1) is 16.2. The van der Waals surface area contributed by atoms with E-state index in [0.717, 1.165) is 43.5 Å². The number of carbonyl (C=O) groups excluding carboxylic acids is 1. The molecule has 8 heteroatoms. The summed E-state index contributed by atoms with van der Waals surface area (Å²) in [6.45, 7) is 6.80. The first kappa shape index (κ1) is 26.1. The molecule has 0 aliphatic heterocycles. The highest BCUT2D eigenvalue weighted by Gasteiger charge is 2.28. The summed E-state index contributed by atoms with van der Waals surface area (Å²) >= 11 is 6.49. The molecule has 1 aliphatic rings. The fourth-order valence-corrected chi connectivity index (χ4v) is 5.21. The molecule has 1 aromatic carbocycles. The Morgan fingerprint density at radius 2 is 1.79 bits per heavy atom. The maximum absolute atomic E-state index is 13.2. The average molecular weight is 489 g/mol. The number of aryl methyl sites for hydroxylation is 1. The third-order valence-electron chi connectivity index (χ3n) is 6.94. The number of amides is 1. The molecule has 1 aromatic heterocycles. The fraction of sp³-hybridized carbons (Fsp3) is 0.538. The smallest absolute Gasteiger partial charge is 0.251 e. The highest BCUT2D eigenvalue weighted by molar-refractivity contribution is 6.31. The van der Waals surface area contributed by atoms with E-state index in [1.165, 1.54) is 13.2 Å². The number of pyridine rings is 1. The molecular weight excluding hydrogens is 452 g/mol. The molecule has 0 radical (unpaired) electrons. The van der Waals surface area contributed by atoms with Gasteiger partial charge in [0.1, 0.15) is 0 Å². The van der Waals surface area contributed by atoms with Crippen LogP contribution in [0.25, 0.3) is 0 Å². The molecule has 0 spiro atoms. The van der Waals surface area contributed by atoms with E-state index in [-0.39, 0.29) is 17.9 Å². The van der Waals surface area contributed by atoms with Gasteiger partial charge >= 0.3 is 0 Å². The molecule has 34 heavy (non-hydrogen) atoms. The number of aromatic amines is 1. The van der Waals surface area contributed by atoms with Gasteiger partial charge in [0.25, 0.3) is 5.91 Å². The number of methoxy groups -OCH3 is 1. The molecule has 1 saturated carbocycles. The molecule has 0 unspecified atom stereocenters. The summed E-state index contributed by atoms with van der Waals surface area (Å²) in [5, 5.41) is 3.40. The standard InChI is InChI=1S/C26H37ClN4O3/c1-7-31(20-10-8-19(9-11-20)30(4)5)23-14-18(27)13-21(17(23)3)25(33)28-15-22-24(32)12-16(2)29-26(22)34-6/h12-14,19-20H,7-11,15H2,1-6H3,(H,28,33)(H,29,32). The molecule has 2 N–H and O–H groups in total. The largest absolute Gasteiger partial charge is 0.482 e. The van der Waals surface area contributed by atoms with E-state index in [4.69, 9.17) is 16.3 Å². The van der Waals surface area contributed by atoms with Crippen LogP contribution in [-0.4, -0.2) is 55.6 Å². The Labute approximate surface area is 207 Å². The van der Waals surface area contributed by atoms with E-state index in [1.807, 2.05) is 13.0 Å². The number of halogens is 1. The van der Waals surface area contributed by atoms with Gasteiger partial charge in [-0.3, -0.25) is 9.59 Å². The van der Waals surface area contributed by atoms with Gasteiger partial charge in [0.05, 0.1) is 19.2 Å². The van der Waals surface area contributed by atoms with Gasteiger partial charge in [0.15, 0.2) is 11.3 Å². The van der Waals surface area contributed by atoms with Crippen LogP contribution in [0.3, 0.4) is 0 Å². The number of hydrogen-bond donors (Lipinski definition) is 2. The summed E-state index contributed by atoms with van der Waals surface area (Å²) in [6, 6.07) is 6.20. The van der Waals surface area contributed by atoms with E-state index in [1.54, 1.807) is 13.0 Å². The Morgan fingerprint density at radius 3 is 2.38 bits per heavy atom. The lowest BCUT2D eigenvalue weighted by Crippen LogP contribution is -2.42. The first-order valence-corrected chi connectivity index (χ1v) is 12.3. The van der Waals surface area contributed by atoms with Gasteiger partial charge in [0.2, 0.25) is 0 Å². The predicted molar refractivity (Wildman–Crippen MR) is 138 cm³/mol. The van der Waals surface area contributed by atoms with Crippen molar-refractivity contribution in [1.82, 2.24) is 15.2 Å². The molecule has 1 fully saturated rings. The normalized spacial score (nSPS) is 18.1. The van der Waals surface area contributed by atoms with Crippen LogP contribution in [0.2, 0.25) is 5.02 Å². The number of aromatic nitrogens is 1. The second-order valence-electron chi connectivity index (χ2n) is 9.32. The van der Waals surface area contributed by atoms with Crippen LogP contribution in [0.1, 0.15) is 59.8 Å². The van der Waals surface area contributed by atoms with Gasteiger partial charge in [0, 0.05) is 46.7 Å². The van der Waals surface area contributed by atoms with Gasteiger partial charge in [-0.15, -0.1) is 0 Å². The highest BCUT2D eigenvalue weighted by Crippen LogP contribution is 2.34. The summed E-state index contributed by atoms with van der Waals surface area (Å²) in [5.74, 6) is 0.0925. The van der Waals surface area contributed by atoms with Crippen molar-refractivity contribution in [3.63, 3.8) is 0 Å². The lowest BCUT2D eigenvalue weighted by Gasteiger charge is -2.40. The summed E-state index contributed by atoms with van der Waals surface area (Å²) in [7, 11) is 5.79. The quantitative estimate of drug-likeness (QED) is 0.579. The Hall–Kier alpha value is -2.51. The van der Waals surface area contributed by atoms with Crippen molar-refractivity contribution in [2.45, 2.75) is 65.1 Å². The van der Waals surface area contributed by atoms with Crippen molar-refractivity contribution >= 4 is 23.2 Å². The molecule has 1 amide bonds. The van der Waals surface area contributed by atoms with E-state index in [9.17, 15) is 9.59 Å². The zero-order valence-electron chi connectivity index (χ0n) is 21.1. The van der Waals surface area contributed by atoms with Crippen molar-refractivity contribution in [3.8, 4) is 5.88 Å². The molecule has 7 nitrogen and oxygen atoms in total. The van der Waals surface area contributed by atoms with Crippen molar-refractivity contribution in [2.24, 2.45) is 0 Å². The number of ether oxygens (including phenoxy) is 1. The number of nitrogens with one attached hydrogen (secondary N) is 2. The number of benzene rings is 1. The van der Waals surface area contributed by atoms with E-state index >= 15 is 0 Å². The summed E-state index contributed by atoms with van der Waals surface area (Å²) in [5.41, 5.74) is 3.32. The Morgan fingerprint density at radius 1 is 1.15 bits per heavy atom. The van der Waals surface area contributed by atoms with Crippen LogP contribution in [-0.2, 0) is 6.54 Å². The zero-order valence-corrected chi connectivity index (χ0v) is 21.9. The number of anilines is 1. The Bertz CT molecular complexity index is 1070. The Balaban J connectivity index is 1.82. The maximum atomic E-state index is 13.2. The number of nitrogens with zero attached hydrogens (tertiary/aromatic N) is 2. The number of hydrogen-bond acceptors (Lipinski definition) is 5. The number of carbonyl (C=O) groups is 1. The Kier molecular flexibility index (Phi) is 8.66. The van der Waals surface area contributed by atoms with E-state index in [2.05, 4.69) is 41.1 Å². The molecule has 0 atom stereocenters. The second-order valence-corrected chi connectivity index (χ2v) is 9.76. The summed E-state index contributed by atoms with van der Waals surface area (Å²) in [4.78, 5) is 33.3. The van der Waals surface area contributed by atoms with Crippen LogP contribution in [0, 0.1) is 13.8 Å². The first-order valence-electron chi connectivity index (χ1n) is 11.9. The fourth-order valence-electron chi connectivity index (χ4n) is 5.00. The lowest BCUT2D eigenvalue weighted by atomic mass is 9.89. The molecule has 3 rings (SSSR count). The summed E-state index contributed by atoms with van der Waals surface area (Å²) in [6.07, 6.45) is 4.54. The van der Waals surface area contributed by atoms with Crippen LogP contribution < -0.4 is 20.4 Å². The number of rotatable bonds is 8. The SMILES string of the molecule is CCN(c1cc(Cl)cc(C(=O)NCc2c(OC)[nH]c(C)cc2=O)c1C)C1CCC(N(C)C)CC1. The van der Waals surface area contributed by atoms with Gasteiger partial charge in [-0.25, -0.2) is 0 Å². The maximum Gasteiger partial charge on any atom is 0.251 e. The molecule has 0 bridgehead atoms. The third kappa shape index (κ3) is 5.76. The van der Waals surface area contributed by atoms with Gasteiger partial charge < -0.3 is 24.8 Å². The molecular formula is C26H37ClN4O3. The van der Waals surface area contributed by atoms with Crippen LogP contribution in [0.4, 0.5) is 5.69 Å². The molecule has 186 valence electrons. The molecule has 1 aliphatic carbocycles. The highest BCUT2D eigenvalue weighted by atomic mass is 35.5. The minimum atomic E-state index is -0.268. The third-order valence-corrected chi connectivity index (χ3v) is 7.15. The van der Waals surface area contributed by atoms with Crippen molar-refractivity contribution in [1.29, 1.82) is 0 Å². The van der Waals surface area contributed by atoms with E-state index < -0.39 is 0 Å². The van der Waals surface area contributed by atoms with Crippen molar-refractivity contribution < 1.29 is 9.53 Å². The van der Waals surface area contributed by atoms with Gasteiger partial charge in [-0.05, 0) is 78.2 Å². The molecule has 0 saturated heterocycles. The molecule has 1 heterocycles. The predicted octanol–water partition coefficient (Wildman–Crippen LogP) is 4.28. The topological polar surface area (TPSA) is 77.7 Å². The average Bonchev–Trinajstić information content (AvgIpc) is 2.80. The minimum Gasteiger partial charge on any atom is -0.482 e. The number of H-pyrrole nitrogens is 1. The lowest BCUT2D eigenvalue weighted by molar-refractivity contribution is 0.0950. The van der Waals surface area contributed by atoms with E-state index in [0.29, 0.717) is 39.8 Å². The zero-order chi connectivity index (χ0) is 25.0. The van der Waals surface area contributed by atoms with Crippen LogP contribution >= 0.6 is 11.6 Å². The van der Waals surface area contributed by atoms with Gasteiger partial charge in [-0.2, -0.15) is 0 Å². The van der Waals surface area contributed by atoms with Crippen LogP contribution in [0.15, 0.2) is 23.0 Å². The van der Waals surface area contributed by atoms with Crippen LogP contribution in [0.5, 0.6) is 5.88 Å².